The molecule has 0 aromatic heterocycles. The molecule has 3 aromatic rings. The van der Waals surface area contributed by atoms with E-state index in [1.165, 1.54) is 0 Å². The average molecular weight is 317 g/mol. The molecule has 1 atom stereocenters. The standard InChI is InChI=1S/C21H19NO2/c23-21(24)20(16-17-10-4-1-5-11-17)22(18-12-6-2-7-13-18)19-14-8-3-9-15-19/h1-15,20H,16H2,(H,23,24). The van der Waals surface area contributed by atoms with Crippen molar-refractivity contribution in [2.45, 2.75) is 12.5 Å². The number of anilines is 2. The number of rotatable bonds is 6. The normalized spacial score (nSPS) is 11.7. The molecule has 1 unspecified atom stereocenters. The molecular weight excluding hydrogens is 298 g/mol. The number of carboxylic acid groups (broad SMARTS) is 1. The van der Waals surface area contributed by atoms with Crippen LogP contribution in [-0.2, 0) is 11.2 Å². The van der Waals surface area contributed by atoms with Crippen LogP contribution in [0.3, 0.4) is 0 Å². The molecule has 0 amide bonds. The zero-order valence-corrected chi connectivity index (χ0v) is 13.2. The topological polar surface area (TPSA) is 40.5 Å². The number of hydrogen-bond donors (Lipinski definition) is 1. The molecule has 0 heterocycles. The molecular formula is C21H19NO2. The second kappa shape index (κ2) is 7.47. The molecule has 0 fully saturated rings. The monoisotopic (exact) mass is 317 g/mol. The van der Waals surface area contributed by atoms with Gasteiger partial charge < -0.3 is 10.0 Å². The van der Waals surface area contributed by atoms with Gasteiger partial charge in [0.15, 0.2) is 0 Å². The third-order valence-corrected chi connectivity index (χ3v) is 3.94. The predicted molar refractivity (Wildman–Crippen MR) is 96.6 cm³/mol. The first-order chi connectivity index (χ1) is 11.8. The van der Waals surface area contributed by atoms with Gasteiger partial charge in [0.2, 0.25) is 0 Å². The molecule has 3 rings (SSSR count). The molecule has 0 bridgehead atoms. The lowest BCUT2D eigenvalue weighted by molar-refractivity contribution is -0.138. The molecule has 0 aliphatic carbocycles. The average Bonchev–Trinajstić information content (AvgIpc) is 2.64. The van der Waals surface area contributed by atoms with Crippen LogP contribution in [0, 0.1) is 0 Å². The molecule has 24 heavy (non-hydrogen) atoms. The van der Waals surface area contributed by atoms with E-state index in [-0.39, 0.29) is 0 Å². The van der Waals surface area contributed by atoms with Gasteiger partial charge in [-0.15, -0.1) is 0 Å². The number of nitrogens with zero attached hydrogens (tertiary/aromatic N) is 1. The Morgan fingerprint density at radius 3 is 1.58 bits per heavy atom. The van der Waals surface area contributed by atoms with Gasteiger partial charge in [0.05, 0.1) is 0 Å². The van der Waals surface area contributed by atoms with Crippen LogP contribution in [0.5, 0.6) is 0 Å². The van der Waals surface area contributed by atoms with Crippen molar-refractivity contribution in [1.29, 1.82) is 0 Å². The van der Waals surface area contributed by atoms with Crippen molar-refractivity contribution in [1.82, 2.24) is 0 Å². The van der Waals surface area contributed by atoms with Gasteiger partial charge in [0.1, 0.15) is 6.04 Å². The Labute approximate surface area is 141 Å². The van der Waals surface area contributed by atoms with E-state index < -0.39 is 12.0 Å². The molecule has 1 N–H and O–H groups in total. The number of carbonyl (C=O) groups is 1. The Morgan fingerprint density at radius 2 is 1.17 bits per heavy atom. The van der Waals surface area contributed by atoms with Crippen LogP contribution >= 0.6 is 0 Å². The van der Waals surface area contributed by atoms with Gasteiger partial charge in [-0.2, -0.15) is 0 Å². The Hall–Kier alpha value is -3.07. The van der Waals surface area contributed by atoms with Gasteiger partial charge in [0, 0.05) is 17.8 Å². The molecule has 0 saturated carbocycles. The molecule has 3 aromatic carbocycles. The number of aliphatic carboxylic acids is 1. The van der Waals surface area contributed by atoms with Crippen LogP contribution in [0.15, 0.2) is 91.0 Å². The summed E-state index contributed by atoms with van der Waals surface area (Å²) < 4.78 is 0. The minimum atomic E-state index is -0.841. The Kier molecular flexibility index (Phi) is 4.92. The van der Waals surface area contributed by atoms with E-state index >= 15 is 0 Å². The van der Waals surface area contributed by atoms with Gasteiger partial charge >= 0.3 is 5.97 Å². The minimum absolute atomic E-state index is 0.431. The third-order valence-electron chi connectivity index (χ3n) is 3.94. The first kappa shape index (κ1) is 15.8. The molecule has 0 saturated heterocycles. The van der Waals surface area contributed by atoms with E-state index in [0.717, 1.165) is 16.9 Å². The largest absolute Gasteiger partial charge is 0.480 e. The van der Waals surface area contributed by atoms with Crippen LogP contribution in [0.25, 0.3) is 0 Å². The lowest BCUT2D eigenvalue weighted by atomic mass is 10.0. The highest BCUT2D eigenvalue weighted by atomic mass is 16.4. The Balaban J connectivity index is 2.03. The van der Waals surface area contributed by atoms with Crippen molar-refractivity contribution in [2.24, 2.45) is 0 Å². The summed E-state index contributed by atoms with van der Waals surface area (Å²) in [5.41, 5.74) is 2.74. The quantitative estimate of drug-likeness (QED) is 0.726. The molecule has 120 valence electrons. The van der Waals surface area contributed by atoms with Gasteiger partial charge in [-0.1, -0.05) is 66.7 Å². The second-order valence-corrected chi connectivity index (χ2v) is 5.58. The number of carboxylic acids is 1. The van der Waals surface area contributed by atoms with Gasteiger partial charge in [-0.3, -0.25) is 0 Å². The highest BCUT2D eigenvalue weighted by Gasteiger charge is 2.27. The van der Waals surface area contributed by atoms with Crippen LogP contribution in [0.2, 0.25) is 0 Å². The highest BCUT2D eigenvalue weighted by Crippen LogP contribution is 2.29. The van der Waals surface area contributed by atoms with E-state index in [4.69, 9.17) is 0 Å². The smallest absolute Gasteiger partial charge is 0.327 e. The molecule has 0 spiro atoms. The summed E-state index contributed by atoms with van der Waals surface area (Å²) in [7, 11) is 0. The fourth-order valence-electron chi connectivity index (χ4n) is 2.81. The molecule has 0 radical (unpaired) electrons. The lowest BCUT2D eigenvalue weighted by Gasteiger charge is -2.31. The van der Waals surface area contributed by atoms with E-state index in [2.05, 4.69) is 0 Å². The van der Waals surface area contributed by atoms with E-state index in [1.807, 2.05) is 95.9 Å². The van der Waals surface area contributed by atoms with Crippen molar-refractivity contribution in [3.63, 3.8) is 0 Å². The van der Waals surface area contributed by atoms with Gasteiger partial charge in [0.25, 0.3) is 0 Å². The van der Waals surface area contributed by atoms with Crippen LogP contribution in [-0.4, -0.2) is 17.1 Å². The summed E-state index contributed by atoms with van der Waals surface area (Å²) in [6.45, 7) is 0. The van der Waals surface area contributed by atoms with Crippen LogP contribution in [0.1, 0.15) is 5.56 Å². The number of hydrogen-bond acceptors (Lipinski definition) is 2. The summed E-state index contributed by atoms with van der Waals surface area (Å²) in [6.07, 6.45) is 0.431. The summed E-state index contributed by atoms with van der Waals surface area (Å²) in [4.78, 5) is 13.9. The first-order valence-corrected chi connectivity index (χ1v) is 7.92. The SMILES string of the molecule is O=C(O)C(Cc1ccccc1)N(c1ccccc1)c1ccccc1. The van der Waals surface area contributed by atoms with Gasteiger partial charge in [-0.25, -0.2) is 4.79 Å². The van der Waals surface area contributed by atoms with E-state index in [1.54, 1.807) is 0 Å². The maximum Gasteiger partial charge on any atom is 0.327 e. The highest BCUT2D eigenvalue weighted by molar-refractivity contribution is 5.83. The Morgan fingerprint density at radius 1 is 0.750 bits per heavy atom. The predicted octanol–water partition coefficient (Wildman–Crippen LogP) is 4.52. The van der Waals surface area contributed by atoms with E-state index in [9.17, 15) is 9.90 Å². The number of para-hydroxylation sites is 2. The molecule has 3 nitrogen and oxygen atoms in total. The minimum Gasteiger partial charge on any atom is -0.480 e. The van der Waals surface area contributed by atoms with Crippen molar-refractivity contribution in [3.8, 4) is 0 Å². The fraction of sp³-hybridized carbons (Fsp3) is 0.0952. The summed E-state index contributed by atoms with van der Waals surface area (Å²) in [5, 5.41) is 9.89. The first-order valence-electron chi connectivity index (χ1n) is 7.92. The van der Waals surface area contributed by atoms with E-state index in [0.29, 0.717) is 6.42 Å². The maximum absolute atomic E-state index is 12.1. The van der Waals surface area contributed by atoms with Crippen molar-refractivity contribution in [2.75, 3.05) is 4.90 Å². The summed E-state index contributed by atoms with van der Waals surface area (Å²) >= 11 is 0. The molecule has 3 heteroatoms. The second-order valence-electron chi connectivity index (χ2n) is 5.58. The van der Waals surface area contributed by atoms with Crippen molar-refractivity contribution in [3.05, 3.63) is 96.6 Å². The van der Waals surface area contributed by atoms with Crippen LogP contribution in [0.4, 0.5) is 11.4 Å². The maximum atomic E-state index is 12.1. The van der Waals surface area contributed by atoms with Gasteiger partial charge in [-0.05, 0) is 29.8 Å². The van der Waals surface area contributed by atoms with Crippen molar-refractivity contribution >= 4 is 17.3 Å². The zero-order valence-electron chi connectivity index (χ0n) is 13.2. The number of benzene rings is 3. The summed E-state index contributed by atoms with van der Waals surface area (Å²) in [5.74, 6) is -0.841. The third kappa shape index (κ3) is 3.63. The molecule has 0 aliphatic heterocycles. The Bertz CT molecular complexity index is 733. The van der Waals surface area contributed by atoms with Crippen LogP contribution < -0.4 is 4.90 Å². The van der Waals surface area contributed by atoms with Crippen molar-refractivity contribution < 1.29 is 9.90 Å². The molecule has 0 aliphatic rings. The zero-order chi connectivity index (χ0) is 16.8. The lowest BCUT2D eigenvalue weighted by Crippen LogP contribution is -2.39. The fourth-order valence-corrected chi connectivity index (χ4v) is 2.81. The summed E-state index contributed by atoms with van der Waals surface area (Å²) in [6, 6.07) is 28.4.